The summed E-state index contributed by atoms with van der Waals surface area (Å²) in [6.07, 6.45) is 5.51. The molecule has 1 atom stereocenters. The number of hydrogen-bond acceptors (Lipinski definition) is 4. The van der Waals surface area contributed by atoms with Gasteiger partial charge < -0.3 is 18.0 Å². The Morgan fingerprint density at radius 1 is 0.241 bits per heavy atom. The van der Waals surface area contributed by atoms with Gasteiger partial charge in [0.15, 0.2) is 0 Å². The van der Waals surface area contributed by atoms with Crippen molar-refractivity contribution in [1.29, 1.82) is 0 Å². The van der Waals surface area contributed by atoms with Gasteiger partial charge in [-0.05, 0) is 226 Å². The highest BCUT2D eigenvalue weighted by atomic mass is 16.5. The largest absolute Gasteiger partial charge is 0.460 e. The molecule has 4 heterocycles. The minimum absolute atomic E-state index is 0.124. The number of ether oxygens (including phenoxy) is 1. The molecular weight excluding hydrogens is 1310 g/mol. The van der Waals surface area contributed by atoms with Crippen LogP contribution in [0.5, 0.6) is 5.75 Å². The summed E-state index contributed by atoms with van der Waals surface area (Å²) in [6.45, 7) is 0. The molecule has 2 aliphatic rings. The Balaban J connectivity index is 0.670. The van der Waals surface area contributed by atoms with E-state index in [0.29, 0.717) is 0 Å². The van der Waals surface area contributed by atoms with Gasteiger partial charge in [-0.1, -0.05) is 279 Å². The fourth-order valence-electron chi connectivity index (χ4n) is 19.0. The first-order chi connectivity index (χ1) is 53.5. The predicted molar refractivity (Wildman–Crippen MR) is 451 cm³/mol. The summed E-state index contributed by atoms with van der Waals surface area (Å²) in [5.41, 5.74) is 22.7. The minimum atomic E-state index is 0.124. The van der Waals surface area contributed by atoms with Gasteiger partial charge in [0.2, 0.25) is 0 Å². The molecule has 0 spiro atoms. The first-order valence-corrected chi connectivity index (χ1v) is 37.4. The maximum atomic E-state index is 7.16. The van der Waals surface area contributed by atoms with E-state index in [2.05, 4.69) is 334 Å². The van der Waals surface area contributed by atoms with Gasteiger partial charge >= 0.3 is 0 Å². The lowest BCUT2D eigenvalue weighted by molar-refractivity contribution is 0.429. The number of fused-ring (bicyclic) bond motifs is 23. The smallest absolute Gasteiger partial charge is 0.147 e. The molecule has 3 aromatic heterocycles. The number of benzene rings is 19. The van der Waals surface area contributed by atoms with Crippen molar-refractivity contribution in [3.8, 4) is 72.5 Å². The van der Waals surface area contributed by atoms with Gasteiger partial charge in [0, 0.05) is 49.2 Å². The van der Waals surface area contributed by atoms with E-state index < -0.39 is 0 Å². The molecule has 1 unspecified atom stereocenters. The van der Waals surface area contributed by atoms with Crippen LogP contribution in [0.3, 0.4) is 0 Å². The first-order valence-electron chi connectivity index (χ1n) is 37.4. The van der Waals surface area contributed by atoms with Gasteiger partial charge in [-0.2, -0.15) is 0 Å². The molecule has 24 rings (SSSR count). The van der Waals surface area contributed by atoms with Crippen molar-refractivity contribution in [2.45, 2.75) is 12.3 Å². The van der Waals surface area contributed by atoms with Crippen molar-refractivity contribution in [1.82, 2.24) is 0 Å². The highest BCUT2D eigenvalue weighted by molar-refractivity contribution is 6.27. The Morgan fingerprint density at radius 2 is 0.704 bits per heavy atom. The third-order valence-electron chi connectivity index (χ3n) is 23.8. The van der Waals surface area contributed by atoms with Crippen molar-refractivity contribution in [2.24, 2.45) is 0 Å². The predicted octanol–water partition coefficient (Wildman–Crippen LogP) is 29.5. The molecule has 0 N–H and O–H groups in total. The average molecular weight is 1370 g/mol. The SMILES string of the molecule is C1=C(c2cccc(-c3c4ccccc4c(-c4cccc5c(-c6cc7oc8cc9ccc%10c%11ccccc%11oc%10c9cc8c7cc6-c6cccc(-c7c8ccccc8c(-c8cccc9ccccc89)c8ccccc78)c6)cccc45)c4ccccc34)c2)C=C2Oc3c(ccc4ccc5c6ccccc6oc5c34)C2C1. The zero-order valence-electron chi connectivity index (χ0n) is 58.3. The number of rotatable bonds is 7. The number of hydrogen-bond donors (Lipinski definition) is 0. The van der Waals surface area contributed by atoms with Crippen molar-refractivity contribution in [3.05, 3.63) is 363 Å². The number of allylic oxidation sites excluding steroid dienone is 4. The second-order valence-electron chi connectivity index (χ2n) is 29.4. The lowest BCUT2D eigenvalue weighted by atomic mass is 9.82. The highest BCUT2D eigenvalue weighted by Crippen LogP contribution is 2.55. The van der Waals surface area contributed by atoms with E-state index in [1.165, 1.54) is 92.8 Å². The molecule has 0 saturated heterocycles. The van der Waals surface area contributed by atoms with E-state index in [0.717, 1.165) is 161 Å². The van der Waals surface area contributed by atoms with Gasteiger partial charge in [0.25, 0.3) is 0 Å². The first kappa shape index (κ1) is 59.3. The number of para-hydroxylation sites is 2. The zero-order chi connectivity index (χ0) is 70.4. The molecular formula is C104H60O4. The average Bonchev–Trinajstić information content (AvgIpc) is 1.05. The van der Waals surface area contributed by atoms with E-state index >= 15 is 0 Å². The van der Waals surface area contributed by atoms with Crippen LogP contribution in [0.25, 0.3) is 224 Å². The van der Waals surface area contributed by atoms with Crippen molar-refractivity contribution < 1.29 is 18.0 Å². The second kappa shape index (κ2) is 22.7. The van der Waals surface area contributed by atoms with Crippen LogP contribution in [0.15, 0.2) is 365 Å². The van der Waals surface area contributed by atoms with E-state index in [4.69, 9.17) is 18.0 Å². The fraction of sp³-hybridized carbons (Fsp3) is 0.0192. The van der Waals surface area contributed by atoms with Crippen LogP contribution in [0.2, 0.25) is 0 Å². The molecule has 0 amide bonds. The lowest BCUT2D eigenvalue weighted by Gasteiger charge is -2.21. The molecule has 22 aromatic rings. The molecule has 4 nitrogen and oxygen atoms in total. The van der Waals surface area contributed by atoms with Crippen molar-refractivity contribution >= 4 is 158 Å². The molecule has 1 aliphatic heterocycles. The van der Waals surface area contributed by atoms with Crippen molar-refractivity contribution in [3.63, 3.8) is 0 Å². The summed E-state index contributed by atoms with van der Waals surface area (Å²) >= 11 is 0. The van der Waals surface area contributed by atoms with E-state index in [1.807, 2.05) is 12.1 Å². The summed E-state index contributed by atoms with van der Waals surface area (Å²) in [4.78, 5) is 0. The summed E-state index contributed by atoms with van der Waals surface area (Å²) < 4.78 is 27.5. The molecule has 0 saturated carbocycles. The third kappa shape index (κ3) is 8.62. The van der Waals surface area contributed by atoms with Gasteiger partial charge in [0.05, 0.1) is 5.39 Å². The van der Waals surface area contributed by atoms with Crippen LogP contribution in [0.1, 0.15) is 23.5 Å². The van der Waals surface area contributed by atoms with Gasteiger partial charge in [-0.25, -0.2) is 0 Å². The van der Waals surface area contributed by atoms with Crippen LogP contribution in [0, 0.1) is 0 Å². The van der Waals surface area contributed by atoms with Gasteiger partial charge in [0.1, 0.15) is 45.0 Å². The zero-order valence-corrected chi connectivity index (χ0v) is 58.3. The van der Waals surface area contributed by atoms with Gasteiger partial charge in [-0.3, -0.25) is 0 Å². The molecule has 500 valence electrons. The minimum Gasteiger partial charge on any atom is -0.460 e. The highest BCUT2D eigenvalue weighted by Gasteiger charge is 2.35. The van der Waals surface area contributed by atoms with Crippen LogP contribution in [-0.2, 0) is 0 Å². The van der Waals surface area contributed by atoms with Crippen LogP contribution >= 0.6 is 0 Å². The van der Waals surface area contributed by atoms with E-state index in [-0.39, 0.29) is 5.92 Å². The normalized spacial score (nSPS) is 13.8. The Bertz CT molecular complexity index is 7700. The molecule has 0 fully saturated rings. The van der Waals surface area contributed by atoms with Crippen molar-refractivity contribution in [2.75, 3.05) is 0 Å². The fourth-order valence-corrected chi connectivity index (χ4v) is 19.0. The quantitative estimate of drug-likeness (QED) is 0.149. The van der Waals surface area contributed by atoms with Gasteiger partial charge in [-0.15, -0.1) is 0 Å². The second-order valence-corrected chi connectivity index (χ2v) is 29.4. The molecule has 19 aromatic carbocycles. The Kier molecular flexibility index (Phi) is 12.5. The molecule has 108 heavy (non-hydrogen) atoms. The molecule has 0 bridgehead atoms. The van der Waals surface area contributed by atoms with Crippen LogP contribution in [0.4, 0.5) is 0 Å². The Morgan fingerprint density at radius 3 is 1.36 bits per heavy atom. The Hall–Kier alpha value is -14.1. The summed E-state index contributed by atoms with van der Waals surface area (Å²) in [5.74, 6) is 2.01. The monoisotopic (exact) mass is 1370 g/mol. The third-order valence-corrected chi connectivity index (χ3v) is 23.8. The summed E-state index contributed by atoms with van der Waals surface area (Å²) in [7, 11) is 0. The topological polar surface area (TPSA) is 48.7 Å². The maximum absolute atomic E-state index is 7.16. The summed E-state index contributed by atoms with van der Waals surface area (Å²) in [5, 5.41) is 25.2. The molecule has 0 radical (unpaired) electrons. The Labute approximate surface area is 619 Å². The van der Waals surface area contributed by atoms with E-state index in [9.17, 15) is 0 Å². The molecule has 4 heteroatoms. The van der Waals surface area contributed by atoms with Crippen LogP contribution in [-0.4, -0.2) is 0 Å². The van der Waals surface area contributed by atoms with E-state index in [1.54, 1.807) is 0 Å². The lowest BCUT2D eigenvalue weighted by Crippen LogP contribution is -2.03. The molecule has 1 aliphatic carbocycles. The number of furan rings is 3. The standard InChI is InChI=1S/C104H60O4/c1-2-26-67-59(20-1)21-17-40-74(67)100-80-33-7-3-29-76(80)98(77-30-4-8-34-81(77)100)66-25-16-23-63(53-66)87-56-90-91-57-88-64(47-51-84-71-27-11-13-42-92(71)106-102(84)88)55-95(91)105-96(90)58-89(87)70-39-18-38-69-68(70)37-19-41-75(69)101-82-35-9-5-31-78(82)97(79-32-6-10-36-83(79)101)65-24-15-22-61(52-65)62-46-48-73-86-50-45-60-44-49-85-72-28-12-14-43-93(72)107-103(85)99(60)104(86)108-94(73)54-62/h1-47,49-58,73H,48H2. The summed E-state index contributed by atoms with van der Waals surface area (Å²) in [6, 6.07) is 123. The maximum Gasteiger partial charge on any atom is 0.147 e. The van der Waals surface area contributed by atoms with Crippen LogP contribution < -0.4 is 4.74 Å².